The van der Waals surface area contributed by atoms with Gasteiger partial charge in [0, 0.05) is 12.0 Å². The van der Waals surface area contributed by atoms with E-state index >= 15 is 0 Å². The maximum Gasteiger partial charge on any atom is 0.233 e. The van der Waals surface area contributed by atoms with Gasteiger partial charge in [-0.25, -0.2) is 0 Å². The first-order valence-corrected chi connectivity index (χ1v) is 7.55. The van der Waals surface area contributed by atoms with Gasteiger partial charge in [-0.3, -0.25) is 0 Å². The van der Waals surface area contributed by atoms with E-state index in [0.717, 1.165) is 25.1 Å². The van der Waals surface area contributed by atoms with Gasteiger partial charge >= 0.3 is 0 Å². The molecule has 1 aromatic carbocycles. The first-order chi connectivity index (χ1) is 10.3. The van der Waals surface area contributed by atoms with Crippen LogP contribution in [0.3, 0.4) is 0 Å². The van der Waals surface area contributed by atoms with E-state index in [4.69, 9.17) is 15.0 Å². The van der Waals surface area contributed by atoms with Crippen LogP contribution >= 0.6 is 0 Å². The molecule has 0 radical (unpaired) electrons. The molecule has 0 amide bonds. The summed E-state index contributed by atoms with van der Waals surface area (Å²) in [6.07, 6.45) is 3.14. The molecule has 2 aliphatic rings. The van der Waals surface area contributed by atoms with Crippen molar-refractivity contribution in [3.63, 3.8) is 0 Å². The Morgan fingerprint density at radius 2 is 2.00 bits per heavy atom. The molecule has 0 spiro atoms. The molecule has 110 valence electrons. The van der Waals surface area contributed by atoms with Crippen molar-refractivity contribution in [3.05, 3.63) is 47.1 Å². The molecule has 2 N–H and O–H groups in total. The number of fused-ring (bicyclic) bond motifs is 1. The summed E-state index contributed by atoms with van der Waals surface area (Å²) in [4.78, 5) is 4.60. The lowest BCUT2D eigenvalue weighted by molar-refractivity contribution is 0.187. The Labute approximate surface area is 123 Å². The zero-order valence-corrected chi connectivity index (χ0v) is 11.9. The predicted octanol–water partition coefficient (Wildman–Crippen LogP) is 1.78. The molecule has 5 nitrogen and oxygen atoms in total. The Morgan fingerprint density at radius 3 is 2.81 bits per heavy atom. The van der Waals surface area contributed by atoms with Crippen molar-refractivity contribution in [2.45, 2.75) is 37.1 Å². The normalized spacial score (nSPS) is 28.5. The maximum atomic E-state index is 6.01. The fourth-order valence-electron chi connectivity index (χ4n) is 3.31. The predicted molar refractivity (Wildman–Crippen MR) is 77.0 cm³/mol. The van der Waals surface area contributed by atoms with Gasteiger partial charge in [0.1, 0.15) is 0 Å². The first kappa shape index (κ1) is 13.0. The largest absolute Gasteiger partial charge is 0.379 e. The van der Waals surface area contributed by atoms with Crippen LogP contribution in [0.25, 0.3) is 0 Å². The molecule has 21 heavy (non-hydrogen) atoms. The van der Waals surface area contributed by atoms with Crippen molar-refractivity contribution in [2.24, 2.45) is 5.73 Å². The number of benzene rings is 1. The average molecular weight is 285 g/mol. The molecule has 3 atom stereocenters. The summed E-state index contributed by atoms with van der Waals surface area (Å²) in [6.45, 7) is 1.15. The third kappa shape index (κ3) is 2.36. The molecule has 4 rings (SSSR count). The molecule has 5 heteroatoms. The lowest BCUT2D eigenvalue weighted by atomic mass is 9.83. The van der Waals surface area contributed by atoms with Crippen molar-refractivity contribution in [3.8, 4) is 0 Å². The van der Waals surface area contributed by atoms with Crippen LogP contribution in [0, 0.1) is 0 Å². The minimum atomic E-state index is -0.0367. The highest BCUT2D eigenvalue weighted by molar-refractivity contribution is 5.31. The van der Waals surface area contributed by atoms with Gasteiger partial charge in [-0.15, -0.1) is 0 Å². The third-order valence-corrected chi connectivity index (χ3v) is 4.61. The Bertz CT molecular complexity index is 640. The van der Waals surface area contributed by atoms with Crippen LogP contribution in [0.5, 0.6) is 0 Å². The third-order valence-electron chi connectivity index (χ3n) is 4.61. The zero-order chi connectivity index (χ0) is 14.2. The topological polar surface area (TPSA) is 74.2 Å². The van der Waals surface area contributed by atoms with E-state index in [1.165, 1.54) is 11.1 Å². The summed E-state index contributed by atoms with van der Waals surface area (Å²) < 4.78 is 10.8. The molecule has 0 bridgehead atoms. The van der Waals surface area contributed by atoms with Gasteiger partial charge in [0.15, 0.2) is 5.82 Å². The molecule has 1 aliphatic carbocycles. The number of hydrogen-bond acceptors (Lipinski definition) is 5. The summed E-state index contributed by atoms with van der Waals surface area (Å²) in [6, 6.07) is 8.57. The molecule has 1 fully saturated rings. The Balaban J connectivity index is 1.54. The van der Waals surface area contributed by atoms with Crippen molar-refractivity contribution < 1.29 is 9.26 Å². The SMILES string of the molecule is NC1COCC1c1nc(C2CCc3ccccc3C2)no1. The number of rotatable bonds is 2. The second kappa shape index (κ2) is 5.24. The monoisotopic (exact) mass is 285 g/mol. The van der Waals surface area contributed by atoms with E-state index in [0.29, 0.717) is 25.0 Å². The minimum Gasteiger partial charge on any atom is -0.379 e. The molecule has 0 saturated carbocycles. The van der Waals surface area contributed by atoms with Gasteiger partial charge in [0.05, 0.1) is 19.1 Å². The second-order valence-corrected chi connectivity index (χ2v) is 6.01. The number of nitrogens with zero attached hydrogens (tertiary/aromatic N) is 2. The smallest absolute Gasteiger partial charge is 0.233 e. The van der Waals surface area contributed by atoms with Gasteiger partial charge in [-0.2, -0.15) is 4.98 Å². The Hall–Kier alpha value is -1.72. The van der Waals surface area contributed by atoms with Crippen LogP contribution in [0.15, 0.2) is 28.8 Å². The number of hydrogen-bond donors (Lipinski definition) is 1. The first-order valence-electron chi connectivity index (χ1n) is 7.55. The van der Waals surface area contributed by atoms with E-state index < -0.39 is 0 Å². The quantitative estimate of drug-likeness (QED) is 0.910. The highest BCUT2D eigenvalue weighted by Gasteiger charge is 2.32. The highest BCUT2D eigenvalue weighted by Crippen LogP contribution is 2.32. The molecular weight excluding hydrogens is 266 g/mol. The number of aryl methyl sites for hydroxylation is 1. The van der Waals surface area contributed by atoms with Crippen molar-refractivity contribution in [1.29, 1.82) is 0 Å². The van der Waals surface area contributed by atoms with E-state index in [1.54, 1.807) is 0 Å². The summed E-state index contributed by atoms with van der Waals surface area (Å²) in [5, 5.41) is 4.19. The van der Waals surface area contributed by atoms with Crippen molar-refractivity contribution >= 4 is 0 Å². The molecule has 1 aliphatic heterocycles. The average Bonchev–Trinajstić information content (AvgIpc) is 3.15. The van der Waals surface area contributed by atoms with E-state index in [1.807, 2.05) is 0 Å². The van der Waals surface area contributed by atoms with Crippen LogP contribution in [0.2, 0.25) is 0 Å². The Kier molecular flexibility index (Phi) is 3.24. The summed E-state index contributed by atoms with van der Waals surface area (Å²) >= 11 is 0. The summed E-state index contributed by atoms with van der Waals surface area (Å²) in [7, 11) is 0. The van der Waals surface area contributed by atoms with E-state index in [2.05, 4.69) is 34.4 Å². The summed E-state index contributed by atoms with van der Waals surface area (Å²) in [5.74, 6) is 1.84. The standard InChI is InChI=1S/C16H19N3O2/c17-14-9-20-8-13(14)16-18-15(19-21-16)12-6-5-10-3-1-2-4-11(10)7-12/h1-4,12-14H,5-9,17H2. The number of ether oxygens (including phenoxy) is 1. The Morgan fingerprint density at radius 1 is 1.14 bits per heavy atom. The van der Waals surface area contributed by atoms with Crippen LogP contribution in [-0.2, 0) is 17.6 Å². The van der Waals surface area contributed by atoms with Crippen LogP contribution in [0.4, 0.5) is 0 Å². The van der Waals surface area contributed by atoms with Gasteiger partial charge in [-0.1, -0.05) is 29.4 Å². The number of nitrogens with two attached hydrogens (primary N) is 1. The van der Waals surface area contributed by atoms with Crippen LogP contribution < -0.4 is 5.73 Å². The fourth-order valence-corrected chi connectivity index (χ4v) is 3.31. The molecule has 2 heterocycles. The van der Waals surface area contributed by atoms with E-state index in [9.17, 15) is 0 Å². The van der Waals surface area contributed by atoms with Crippen LogP contribution in [-0.4, -0.2) is 29.4 Å². The zero-order valence-electron chi connectivity index (χ0n) is 11.9. The van der Waals surface area contributed by atoms with Gasteiger partial charge < -0.3 is 15.0 Å². The van der Waals surface area contributed by atoms with Crippen LogP contribution in [0.1, 0.15) is 41.1 Å². The molecule has 2 aromatic rings. The summed E-state index contributed by atoms with van der Waals surface area (Å²) in [5.41, 5.74) is 8.86. The maximum absolute atomic E-state index is 6.01. The van der Waals surface area contributed by atoms with Crippen molar-refractivity contribution in [1.82, 2.24) is 10.1 Å². The molecule has 1 aromatic heterocycles. The minimum absolute atomic E-state index is 0.0367. The van der Waals surface area contributed by atoms with E-state index in [-0.39, 0.29) is 12.0 Å². The lowest BCUT2D eigenvalue weighted by Crippen LogP contribution is -2.27. The molecule has 3 unspecified atom stereocenters. The van der Waals surface area contributed by atoms with Crippen molar-refractivity contribution in [2.75, 3.05) is 13.2 Å². The molecular formula is C16H19N3O2. The number of aromatic nitrogens is 2. The van der Waals surface area contributed by atoms with Gasteiger partial charge in [0.25, 0.3) is 0 Å². The molecule has 1 saturated heterocycles. The van der Waals surface area contributed by atoms with Gasteiger partial charge in [0.2, 0.25) is 5.89 Å². The van der Waals surface area contributed by atoms with Gasteiger partial charge in [-0.05, 0) is 30.4 Å². The highest BCUT2D eigenvalue weighted by atomic mass is 16.5. The fraction of sp³-hybridized carbons (Fsp3) is 0.500. The second-order valence-electron chi connectivity index (χ2n) is 6.01. The lowest BCUT2D eigenvalue weighted by Gasteiger charge is -2.21.